The van der Waals surface area contributed by atoms with Crippen LogP contribution in [0.5, 0.6) is 0 Å². The number of carbonyl (C=O) groups is 2. The van der Waals surface area contributed by atoms with Crippen LogP contribution in [0.1, 0.15) is 29.0 Å². The molecule has 1 aliphatic rings. The number of hydrogen-bond donors (Lipinski definition) is 2. The number of halogens is 3. The van der Waals surface area contributed by atoms with Crippen molar-refractivity contribution >= 4 is 28.5 Å². The van der Waals surface area contributed by atoms with Crippen molar-refractivity contribution in [3.63, 3.8) is 0 Å². The van der Waals surface area contributed by atoms with E-state index in [9.17, 15) is 22.8 Å². The number of rotatable bonds is 6. The van der Waals surface area contributed by atoms with Crippen LogP contribution < -0.4 is 10.6 Å². The van der Waals surface area contributed by atoms with Crippen molar-refractivity contribution in [2.75, 3.05) is 18.5 Å². The molecule has 1 fully saturated rings. The number of imidazole rings is 1. The van der Waals surface area contributed by atoms with Crippen molar-refractivity contribution in [1.82, 2.24) is 14.9 Å². The largest absolute Gasteiger partial charge is 0.449 e. The van der Waals surface area contributed by atoms with Gasteiger partial charge in [-0.05, 0) is 37.1 Å². The highest BCUT2D eigenvalue weighted by Gasteiger charge is 2.38. The van der Waals surface area contributed by atoms with E-state index in [2.05, 4.69) is 15.6 Å². The number of para-hydroxylation sites is 3. The lowest BCUT2D eigenvalue weighted by Crippen LogP contribution is -2.32. The monoisotopic (exact) mass is 446 g/mol. The molecule has 2 heterocycles. The molecule has 10 heteroatoms. The molecule has 1 aromatic heterocycles. The number of benzene rings is 2. The summed E-state index contributed by atoms with van der Waals surface area (Å²) >= 11 is 0. The molecule has 0 radical (unpaired) electrons. The van der Waals surface area contributed by atoms with Gasteiger partial charge in [-0.15, -0.1) is 0 Å². The minimum Gasteiger partial charge on any atom is -0.376 e. The number of amides is 2. The molecule has 2 aromatic carbocycles. The van der Waals surface area contributed by atoms with Crippen molar-refractivity contribution in [3.05, 3.63) is 59.9 Å². The SMILES string of the molecule is O=C(Cn1c(C(F)(F)F)nc2ccccc21)Nc1ccccc1C(=O)NCC1CCCO1. The van der Waals surface area contributed by atoms with Crippen LogP contribution in [0.2, 0.25) is 0 Å². The van der Waals surface area contributed by atoms with Crippen LogP contribution in [0.25, 0.3) is 11.0 Å². The van der Waals surface area contributed by atoms with Gasteiger partial charge in [0, 0.05) is 13.2 Å². The molecule has 1 atom stereocenters. The van der Waals surface area contributed by atoms with Crippen molar-refractivity contribution in [2.45, 2.75) is 31.7 Å². The first kappa shape index (κ1) is 21.8. The minimum absolute atomic E-state index is 0.0454. The fourth-order valence-electron chi connectivity index (χ4n) is 3.68. The Bertz CT molecular complexity index is 1140. The molecule has 168 valence electrons. The number of aromatic nitrogens is 2. The Morgan fingerprint density at radius 3 is 2.62 bits per heavy atom. The smallest absolute Gasteiger partial charge is 0.376 e. The molecule has 0 aliphatic carbocycles. The molecule has 2 N–H and O–H groups in total. The van der Waals surface area contributed by atoms with Gasteiger partial charge in [0.2, 0.25) is 11.7 Å². The summed E-state index contributed by atoms with van der Waals surface area (Å²) in [5, 5.41) is 5.33. The van der Waals surface area contributed by atoms with Gasteiger partial charge in [0.25, 0.3) is 5.91 Å². The molecule has 0 spiro atoms. The van der Waals surface area contributed by atoms with Crippen molar-refractivity contribution in [3.8, 4) is 0 Å². The van der Waals surface area contributed by atoms with Gasteiger partial charge >= 0.3 is 6.18 Å². The summed E-state index contributed by atoms with van der Waals surface area (Å²) in [6, 6.07) is 12.4. The molecule has 1 unspecified atom stereocenters. The van der Waals surface area contributed by atoms with Gasteiger partial charge in [-0.1, -0.05) is 24.3 Å². The molecular weight excluding hydrogens is 425 g/mol. The second kappa shape index (κ2) is 8.99. The second-order valence-electron chi connectivity index (χ2n) is 7.45. The van der Waals surface area contributed by atoms with Crippen LogP contribution in [-0.2, 0) is 22.3 Å². The van der Waals surface area contributed by atoms with Gasteiger partial charge in [0.1, 0.15) is 6.54 Å². The van der Waals surface area contributed by atoms with Gasteiger partial charge < -0.3 is 19.9 Å². The zero-order chi connectivity index (χ0) is 22.7. The van der Waals surface area contributed by atoms with Crippen LogP contribution in [0.15, 0.2) is 48.5 Å². The van der Waals surface area contributed by atoms with Gasteiger partial charge in [0.05, 0.1) is 28.4 Å². The first-order valence-electron chi connectivity index (χ1n) is 10.1. The lowest BCUT2D eigenvalue weighted by molar-refractivity contribution is -0.147. The molecular formula is C22H21F3N4O3. The highest BCUT2D eigenvalue weighted by atomic mass is 19.4. The van der Waals surface area contributed by atoms with Crippen LogP contribution >= 0.6 is 0 Å². The Morgan fingerprint density at radius 2 is 1.88 bits per heavy atom. The summed E-state index contributed by atoms with van der Waals surface area (Å²) in [4.78, 5) is 28.9. The number of anilines is 1. The van der Waals surface area contributed by atoms with Crippen molar-refractivity contribution < 1.29 is 27.5 Å². The van der Waals surface area contributed by atoms with Gasteiger partial charge in [0.15, 0.2) is 0 Å². The number of fused-ring (bicyclic) bond motifs is 1. The van der Waals surface area contributed by atoms with E-state index in [4.69, 9.17) is 4.74 Å². The van der Waals surface area contributed by atoms with E-state index in [0.717, 1.165) is 17.4 Å². The van der Waals surface area contributed by atoms with Gasteiger partial charge in [-0.3, -0.25) is 9.59 Å². The van der Waals surface area contributed by atoms with Gasteiger partial charge in [-0.25, -0.2) is 4.98 Å². The topological polar surface area (TPSA) is 85.2 Å². The zero-order valence-corrected chi connectivity index (χ0v) is 17.0. The Hall–Kier alpha value is -3.40. The molecule has 1 aliphatic heterocycles. The number of alkyl halides is 3. The van der Waals surface area contributed by atoms with E-state index in [1.165, 1.54) is 24.3 Å². The molecule has 1 saturated heterocycles. The van der Waals surface area contributed by atoms with Crippen molar-refractivity contribution in [2.24, 2.45) is 0 Å². The summed E-state index contributed by atoms with van der Waals surface area (Å²) in [6.07, 6.45) is -2.97. The number of carbonyl (C=O) groups excluding carboxylic acids is 2. The normalized spacial score (nSPS) is 16.3. The predicted molar refractivity (Wildman–Crippen MR) is 111 cm³/mol. The Labute approximate surface area is 181 Å². The minimum atomic E-state index is -4.72. The van der Waals surface area contributed by atoms with Crippen LogP contribution in [0, 0.1) is 0 Å². The molecule has 0 bridgehead atoms. The Morgan fingerprint density at radius 1 is 1.12 bits per heavy atom. The average molecular weight is 446 g/mol. The van der Waals surface area contributed by atoms with E-state index in [0.29, 0.717) is 13.2 Å². The van der Waals surface area contributed by atoms with Crippen LogP contribution in [0.3, 0.4) is 0 Å². The fraction of sp³-hybridized carbons (Fsp3) is 0.318. The maximum Gasteiger partial charge on any atom is 0.449 e. The molecule has 7 nitrogen and oxygen atoms in total. The Kier molecular flexibility index (Phi) is 6.13. The summed E-state index contributed by atoms with van der Waals surface area (Å²) in [7, 11) is 0. The predicted octanol–water partition coefficient (Wildman–Crippen LogP) is 3.60. The maximum atomic E-state index is 13.5. The Balaban J connectivity index is 1.51. The van der Waals surface area contributed by atoms with Crippen LogP contribution in [-0.4, -0.2) is 40.6 Å². The van der Waals surface area contributed by atoms with E-state index >= 15 is 0 Å². The first-order chi connectivity index (χ1) is 15.3. The third-order valence-electron chi connectivity index (χ3n) is 5.17. The van der Waals surface area contributed by atoms with Crippen molar-refractivity contribution in [1.29, 1.82) is 0 Å². The lowest BCUT2D eigenvalue weighted by Gasteiger charge is -2.15. The number of nitrogens with zero attached hydrogens (tertiary/aromatic N) is 2. The number of nitrogens with one attached hydrogen (secondary N) is 2. The number of hydrogen-bond acceptors (Lipinski definition) is 4. The third-order valence-corrected chi connectivity index (χ3v) is 5.17. The summed E-state index contributed by atoms with van der Waals surface area (Å²) in [6.45, 7) is 0.397. The quantitative estimate of drug-likeness (QED) is 0.606. The molecule has 3 aromatic rings. The van der Waals surface area contributed by atoms with Crippen LogP contribution in [0.4, 0.5) is 18.9 Å². The standard InChI is InChI=1S/C22H21F3N4O3/c23-22(24,25)21-28-17-9-3-4-10-18(17)29(21)13-19(30)27-16-8-2-1-7-15(16)20(31)26-12-14-6-5-11-32-14/h1-4,7-10,14H,5-6,11-13H2,(H,26,31)(H,27,30). The second-order valence-corrected chi connectivity index (χ2v) is 7.45. The van der Waals surface area contributed by atoms with E-state index in [-0.39, 0.29) is 28.4 Å². The van der Waals surface area contributed by atoms with Gasteiger partial charge in [-0.2, -0.15) is 13.2 Å². The molecule has 0 saturated carbocycles. The average Bonchev–Trinajstić information content (AvgIpc) is 3.40. The molecule has 2 amide bonds. The molecule has 4 rings (SSSR count). The lowest BCUT2D eigenvalue weighted by atomic mass is 10.1. The van der Waals surface area contributed by atoms with E-state index < -0.39 is 30.4 Å². The highest BCUT2D eigenvalue weighted by molar-refractivity contribution is 6.03. The zero-order valence-electron chi connectivity index (χ0n) is 17.0. The third kappa shape index (κ3) is 4.75. The summed E-state index contributed by atoms with van der Waals surface area (Å²) in [5.74, 6) is -2.27. The van der Waals surface area contributed by atoms with E-state index in [1.807, 2.05) is 0 Å². The highest BCUT2D eigenvalue weighted by Crippen LogP contribution is 2.31. The summed E-state index contributed by atoms with van der Waals surface area (Å²) < 4.78 is 46.7. The number of ether oxygens (including phenoxy) is 1. The van der Waals surface area contributed by atoms with E-state index in [1.54, 1.807) is 24.3 Å². The fourth-order valence-corrected chi connectivity index (χ4v) is 3.68. The summed E-state index contributed by atoms with van der Waals surface area (Å²) in [5.41, 5.74) is 0.754. The maximum absolute atomic E-state index is 13.5. The first-order valence-corrected chi connectivity index (χ1v) is 10.1. The molecule has 32 heavy (non-hydrogen) atoms.